The minimum Gasteiger partial charge on any atom is -0.505 e. The molecule has 90 heavy (non-hydrogen) atoms. The summed E-state index contributed by atoms with van der Waals surface area (Å²) in [6.45, 7) is 0. The van der Waals surface area contributed by atoms with Crippen molar-refractivity contribution < 1.29 is 135 Å². The monoisotopic (exact) mass is 1410 g/mol. The fraction of sp³-hybridized carbons (Fsp3) is 0.0455. The number of phenols is 3. The number of methoxy groups -OCH3 is 2. The molecule has 0 aromatic heterocycles. The number of phenolic OH excluding ortho intramolecular Hbond substituents is 3. The third kappa shape index (κ3) is 14.9. The van der Waals surface area contributed by atoms with E-state index < -0.39 is 144 Å². The van der Waals surface area contributed by atoms with Crippen molar-refractivity contribution in [3.63, 3.8) is 0 Å². The molecule has 0 bridgehead atoms. The Morgan fingerprint density at radius 2 is 0.833 bits per heavy atom. The van der Waals surface area contributed by atoms with E-state index in [0.717, 1.165) is 42.5 Å². The molecular weight excluding hydrogens is 1380 g/mol. The Labute approximate surface area is 518 Å². The van der Waals surface area contributed by atoms with Gasteiger partial charge in [-0.1, -0.05) is 20.2 Å². The van der Waals surface area contributed by atoms with Crippen LogP contribution in [0.1, 0.15) is 0 Å². The summed E-state index contributed by atoms with van der Waals surface area (Å²) in [7, 11) is -19.1. The quantitative estimate of drug-likeness (QED) is 0.00598. The summed E-state index contributed by atoms with van der Waals surface area (Å²) in [5.74, 6) is -2.86. The number of hydrogen-bond donors (Lipinski definition) is 12. The van der Waals surface area contributed by atoms with E-state index in [2.05, 4.69) is 78.4 Å². The highest BCUT2D eigenvalue weighted by molar-refractivity contribution is 7.95. The standard InChI is InChI=1S/C44H33N9O29S8/c1-73-17-3-7-24(29(11-17)83-79-75-57)46-53-39-34(89(67,68)69)15-22-20(41(39)55)6-10-27(44(22)90(70,71)72)49-50-28-16-32(87(61,62)63)23-14-31(85-81-77-59)38(42(56)35(23)36(28)45)52-48-26-9-5-19-21(43(26)86-82-78-60)13-30(84-80-76-58)37(40(19)54)51-47-25-8-4-18(74-2)12-33(25)88(64,65)66/h3-16,54-60H,45H2,1-2H3,(H,61,62,63)(H,64,65,66)(H,67,68,69)(H,70,71,72). The van der Waals surface area contributed by atoms with Crippen LogP contribution in [0.4, 0.5) is 51.2 Å². The molecule has 0 heterocycles. The normalized spacial score (nSPS) is 12.8. The highest BCUT2D eigenvalue weighted by atomic mass is 32.2. The molecular formula is C44H33N9O29S8. The second-order valence-corrected chi connectivity index (χ2v) is 25.2. The molecule has 8 rings (SSSR count). The highest BCUT2D eigenvalue weighted by Crippen LogP contribution is 2.53. The van der Waals surface area contributed by atoms with Crippen molar-refractivity contribution >= 4 is 172 Å². The Morgan fingerprint density at radius 1 is 0.389 bits per heavy atom. The van der Waals surface area contributed by atoms with Gasteiger partial charge in [0.1, 0.15) is 76.6 Å². The van der Waals surface area contributed by atoms with Crippen LogP contribution in [0.15, 0.2) is 165 Å². The Balaban J connectivity index is 1.28. The first-order chi connectivity index (χ1) is 42.6. The van der Waals surface area contributed by atoms with Crippen molar-refractivity contribution in [2.24, 2.45) is 40.9 Å². The Bertz CT molecular complexity index is 4780. The molecule has 0 aliphatic heterocycles. The molecule has 8 aromatic rings. The summed E-state index contributed by atoms with van der Waals surface area (Å²) in [5, 5.41) is 114. The van der Waals surface area contributed by atoms with Gasteiger partial charge in [0.05, 0.1) is 93.0 Å². The van der Waals surface area contributed by atoms with Crippen LogP contribution >= 0.6 is 48.2 Å². The number of aromatic hydroxyl groups is 3. The molecule has 0 spiro atoms. The van der Waals surface area contributed by atoms with E-state index in [0.29, 0.717) is 24.2 Å². The maximum atomic E-state index is 13.2. The molecule has 46 heteroatoms. The minimum atomic E-state index is -5.64. The number of rotatable bonds is 26. The van der Waals surface area contributed by atoms with E-state index in [4.69, 9.17) is 31.0 Å². The zero-order valence-electron chi connectivity index (χ0n) is 43.8. The smallest absolute Gasteiger partial charge is 0.297 e. The first-order valence-electron chi connectivity index (χ1n) is 22.9. The third-order valence-corrected chi connectivity index (χ3v) is 17.9. The second-order valence-electron chi connectivity index (χ2n) is 16.7. The predicted octanol–water partition coefficient (Wildman–Crippen LogP) is 12.2. The molecule has 0 radical (unpaired) electrons. The van der Waals surface area contributed by atoms with Gasteiger partial charge in [-0.25, -0.2) is 21.0 Å². The number of hydrogen-bond acceptors (Lipinski definition) is 38. The van der Waals surface area contributed by atoms with Gasteiger partial charge in [0.25, 0.3) is 40.5 Å². The van der Waals surface area contributed by atoms with Gasteiger partial charge in [-0.3, -0.25) is 18.2 Å². The van der Waals surface area contributed by atoms with Gasteiger partial charge >= 0.3 is 0 Å². The minimum absolute atomic E-state index is 0.00624. The lowest BCUT2D eigenvalue weighted by molar-refractivity contribution is -0.432. The molecule has 0 aliphatic carbocycles. The maximum Gasteiger partial charge on any atom is 0.297 e. The van der Waals surface area contributed by atoms with Crippen LogP contribution in [0.25, 0.3) is 32.3 Å². The van der Waals surface area contributed by atoms with Gasteiger partial charge in [0.2, 0.25) is 0 Å². The first kappa shape index (κ1) is 68.2. The Hall–Kier alpha value is -7.70. The van der Waals surface area contributed by atoms with Crippen molar-refractivity contribution in [1.82, 2.24) is 0 Å². The number of azo groups is 4. The summed E-state index contributed by atoms with van der Waals surface area (Å²) in [6.07, 6.45) is 0. The van der Waals surface area contributed by atoms with Crippen molar-refractivity contribution in [3.8, 4) is 28.7 Å². The molecule has 0 saturated carbocycles. The number of anilines is 1. The maximum absolute atomic E-state index is 13.2. The van der Waals surface area contributed by atoms with Crippen molar-refractivity contribution in [2.75, 3.05) is 20.0 Å². The fourth-order valence-corrected chi connectivity index (χ4v) is 12.8. The largest absolute Gasteiger partial charge is 0.505 e. The summed E-state index contributed by atoms with van der Waals surface area (Å²) >= 11 is 0.769. The van der Waals surface area contributed by atoms with Crippen LogP contribution < -0.4 is 15.2 Å². The zero-order valence-corrected chi connectivity index (χ0v) is 50.3. The molecule has 0 amide bonds. The van der Waals surface area contributed by atoms with E-state index >= 15 is 0 Å². The average Bonchev–Trinajstić information content (AvgIpc) is 0.768. The van der Waals surface area contributed by atoms with Gasteiger partial charge in [-0.05, 0) is 78.9 Å². The highest BCUT2D eigenvalue weighted by Gasteiger charge is 2.30. The number of nitrogen functional groups attached to an aromatic ring is 1. The molecule has 476 valence electrons. The lowest BCUT2D eigenvalue weighted by atomic mass is 10.0. The molecule has 0 saturated heterocycles. The Morgan fingerprint density at radius 3 is 1.40 bits per heavy atom. The van der Waals surface area contributed by atoms with Crippen molar-refractivity contribution in [1.29, 1.82) is 0 Å². The van der Waals surface area contributed by atoms with Crippen LogP contribution in [0.2, 0.25) is 0 Å². The van der Waals surface area contributed by atoms with Crippen molar-refractivity contribution in [3.05, 3.63) is 84.9 Å². The van der Waals surface area contributed by atoms with Crippen LogP contribution in [0, 0.1) is 0 Å². The first-order valence-corrected chi connectivity index (χ1v) is 31.6. The van der Waals surface area contributed by atoms with Gasteiger partial charge in [0, 0.05) is 33.0 Å². The van der Waals surface area contributed by atoms with E-state index in [-0.39, 0.29) is 84.5 Å². The summed E-state index contributed by atoms with van der Waals surface area (Å²) in [5.41, 5.74) is 0.802. The summed E-state index contributed by atoms with van der Waals surface area (Å²) < 4.78 is 172. The molecule has 0 atom stereocenters. The number of benzene rings is 8. The second kappa shape index (κ2) is 28.2. The molecule has 0 fully saturated rings. The van der Waals surface area contributed by atoms with E-state index in [1.54, 1.807) is 0 Å². The van der Waals surface area contributed by atoms with Crippen LogP contribution in [-0.4, -0.2) is 102 Å². The topological polar surface area (TPSA) is 576 Å². The van der Waals surface area contributed by atoms with Crippen LogP contribution in [0.3, 0.4) is 0 Å². The lowest BCUT2D eigenvalue weighted by Crippen LogP contribution is -2.03. The number of nitrogens with zero attached hydrogens (tertiary/aromatic N) is 8. The van der Waals surface area contributed by atoms with Crippen LogP contribution in [0.5, 0.6) is 28.7 Å². The third-order valence-electron chi connectivity index (χ3n) is 11.7. The average molecular weight is 1410 g/mol. The van der Waals surface area contributed by atoms with Crippen LogP contribution in [-0.2, 0) is 78.0 Å². The zero-order chi connectivity index (χ0) is 65.6. The number of fused-ring (bicyclic) bond motifs is 3. The van der Waals surface area contributed by atoms with Gasteiger partial charge in [0.15, 0.2) is 17.2 Å². The SMILES string of the molecule is COc1ccc(N=Nc2c(S(=O)(=O)O)cc3c(S(=O)(=O)O)c(N=Nc4cc(S(=O)(=O)O)c5cc(SOOO)c(N=Nc6ccc7c(O)c(N=Nc8ccc(OC)cc8S(=O)(=O)O)c(SOOO)cc7c6SOOO)c(O)c5c4N)ccc3c2O)c(SOOO)c1. The van der Waals surface area contributed by atoms with Gasteiger partial charge in [-0.15, -0.1) is 58.2 Å². The summed E-state index contributed by atoms with van der Waals surface area (Å²) in [4.78, 5) is -5.55. The van der Waals surface area contributed by atoms with E-state index in [1.165, 1.54) is 44.6 Å². The van der Waals surface area contributed by atoms with Gasteiger partial charge in [-0.2, -0.15) is 33.7 Å². The lowest BCUT2D eigenvalue weighted by Gasteiger charge is -2.15. The van der Waals surface area contributed by atoms with Gasteiger partial charge < -0.3 is 30.5 Å². The van der Waals surface area contributed by atoms with E-state index in [9.17, 15) is 72.5 Å². The Kier molecular flexibility index (Phi) is 21.4. The molecule has 13 N–H and O–H groups in total. The number of ether oxygens (including phenoxy) is 2. The molecule has 0 unspecified atom stereocenters. The van der Waals surface area contributed by atoms with Crippen molar-refractivity contribution in [2.45, 2.75) is 39.2 Å². The fourth-order valence-electron chi connectivity index (χ4n) is 8.00. The molecule has 8 aromatic carbocycles. The molecule has 0 aliphatic rings. The number of nitrogens with two attached hydrogens (primary N) is 1. The van der Waals surface area contributed by atoms with E-state index in [1.807, 2.05) is 0 Å². The molecule has 38 nitrogen and oxygen atoms in total. The summed E-state index contributed by atoms with van der Waals surface area (Å²) in [6, 6.07) is 14.2. The predicted molar refractivity (Wildman–Crippen MR) is 306 cm³/mol.